The molecule has 1 heterocycles. The lowest BCUT2D eigenvalue weighted by Crippen LogP contribution is -2.12. The molecule has 2 aromatic rings. The molecule has 0 radical (unpaired) electrons. The third-order valence-electron chi connectivity index (χ3n) is 2.68. The maximum absolute atomic E-state index is 13.4. The van der Waals surface area contributed by atoms with Gasteiger partial charge in [-0.1, -0.05) is 6.07 Å². The Hall–Kier alpha value is -2.38. The highest BCUT2D eigenvalue weighted by molar-refractivity contribution is 5.58. The number of nitrogens with zero attached hydrogens (tertiary/aromatic N) is 2. The van der Waals surface area contributed by atoms with Gasteiger partial charge in [0.25, 0.3) is 0 Å². The number of hydrogen-bond acceptors (Lipinski definition) is 4. The van der Waals surface area contributed by atoms with Crippen molar-refractivity contribution in [1.29, 1.82) is 0 Å². The summed E-state index contributed by atoms with van der Waals surface area (Å²) in [6.45, 7) is 1.59. The number of benzene rings is 1. The lowest BCUT2D eigenvalue weighted by molar-refractivity contribution is -0.141. The average Bonchev–Trinajstić information content (AvgIpc) is 2.41. The Kier molecular flexibility index (Phi) is 3.97. The standard InChI is InChI=1S/C13H12F4N4/c1-7-3-4-8(5-9(7)14)19-11-6-10(13(15,16)17)20-12(18-2)21-11/h3-6H,1-2H3,(H2,18,19,20,21). The van der Waals surface area contributed by atoms with Gasteiger partial charge in [-0.3, -0.25) is 0 Å². The third kappa shape index (κ3) is 3.59. The maximum Gasteiger partial charge on any atom is 0.433 e. The first kappa shape index (κ1) is 15.0. The Morgan fingerprint density at radius 3 is 2.38 bits per heavy atom. The van der Waals surface area contributed by atoms with Crippen molar-refractivity contribution in [3.05, 3.63) is 41.3 Å². The van der Waals surface area contributed by atoms with Crippen LogP contribution in [0, 0.1) is 12.7 Å². The Labute approximate surface area is 118 Å². The van der Waals surface area contributed by atoms with E-state index in [0.29, 0.717) is 11.3 Å². The van der Waals surface area contributed by atoms with Crippen molar-refractivity contribution < 1.29 is 17.6 Å². The Morgan fingerprint density at radius 1 is 1.10 bits per heavy atom. The van der Waals surface area contributed by atoms with E-state index in [1.54, 1.807) is 13.0 Å². The smallest absolute Gasteiger partial charge is 0.357 e. The molecule has 0 aliphatic heterocycles. The summed E-state index contributed by atoms with van der Waals surface area (Å²) in [6, 6.07) is 5.01. The van der Waals surface area contributed by atoms with Gasteiger partial charge >= 0.3 is 6.18 Å². The summed E-state index contributed by atoms with van der Waals surface area (Å²) in [4.78, 5) is 7.19. The normalized spacial score (nSPS) is 11.3. The molecule has 0 bridgehead atoms. The van der Waals surface area contributed by atoms with Crippen molar-refractivity contribution in [3.63, 3.8) is 0 Å². The summed E-state index contributed by atoms with van der Waals surface area (Å²) in [5.74, 6) is -0.719. The predicted molar refractivity (Wildman–Crippen MR) is 71.0 cm³/mol. The maximum atomic E-state index is 13.4. The van der Waals surface area contributed by atoms with Crippen molar-refractivity contribution in [2.24, 2.45) is 0 Å². The summed E-state index contributed by atoms with van der Waals surface area (Å²) >= 11 is 0. The van der Waals surface area contributed by atoms with Crippen LogP contribution in [-0.2, 0) is 6.18 Å². The molecule has 1 aromatic heterocycles. The molecule has 0 unspecified atom stereocenters. The monoisotopic (exact) mass is 300 g/mol. The van der Waals surface area contributed by atoms with Crippen LogP contribution in [0.25, 0.3) is 0 Å². The van der Waals surface area contributed by atoms with E-state index < -0.39 is 17.7 Å². The van der Waals surface area contributed by atoms with Crippen LogP contribution in [0.3, 0.4) is 0 Å². The quantitative estimate of drug-likeness (QED) is 0.848. The van der Waals surface area contributed by atoms with Crippen LogP contribution in [0.1, 0.15) is 11.3 Å². The van der Waals surface area contributed by atoms with E-state index in [1.165, 1.54) is 19.2 Å². The van der Waals surface area contributed by atoms with Gasteiger partial charge < -0.3 is 10.6 Å². The summed E-state index contributed by atoms with van der Waals surface area (Å²) in [6.07, 6.45) is -4.59. The lowest BCUT2D eigenvalue weighted by Gasteiger charge is -2.12. The minimum Gasteiger partial charge on any atom is -0.357 e. The van der Waals surface area contributed by atoms with E-state index in [2.05, 4.69) is 20.6 Å². The van der Waals surface area contributed by atoms with Gasteiger partial charge in [-0.25, -0.2) is 9.37 Å². The minimum atomic E-state index is -4.59. The number of aryl methyl sites for hydroxylation is 1. The van der Waals surface area contributed by atoms with Gasteiger partial charge in [0.15, 0.2) is 5.69 Å². The van der Waals surface area contributed by atoms with E-state index in [0.717, 1.165) is 6.07 Å². The molecule has 0 saturated carbocycles. The van der Waals surface area contributed by atoms with E-state index in [9.17, 15) is 17.6 Å². The predicted octanol–water partition coefficient (Wildman–Crippen LogP) is 3.73. The number of hydrogen-bond donors (Lipinski definition) is 2. The molecular formula is C13H12F4N4. The van der Waals surface area contributed by atoms with E-state index in [-0.39, 0.29) is 11.8 Å². The molecule has 0 aliphatic carbocycles. The molecule has 2 N–H and O–H groups in total. The molecule has 8 heteroatoms. The lowest BCUT2D eigenvalue weighted by atomic mass is 10.2. The molecular weight excluding hydrogens is 288 g/mol. The highest BCUT2D eigenvalue weighted by Gasteiger charge is 2.33. The molecule has 0 saturated heterocycles. The first-order valence-electron chi connectivity index (χ1n) is 5.97. The number of aromatic nitrogens is 2. The van der Waals surface area contributed by atoms with Gasteiger partial charge in [0.1, 0.15) is 11.6 Å². The Balaban J connectivity index is 2.36. The minimum absolute atomic E-state index is 0.0788. The van der Waals surface area contributed by atoms with Gasteiger partial charge in [0.05, 0.1) is 0 Å². The molecule has 1 aromatic carbocycles. The van der Waals surface area contributed by atoms with Gasteiger partial charge in [-0.05, 0) is 24.6 Å². The summed E-state index contributed by atoms with van der Waals surface area (Å²) in [5.41, 5.74) is -0.348. The second-order valence-electron chi connectivity index (χ2n) is 4.30. The van der Waals surface area contributed by atoms with Crippen molar-refractivity contribution in [2.45, 2.75) is 13.1 Å². The molecule has 0 spiro atoms. The van der Waals surface area contributed by atoms with Gasteiger partial charge in [0, 0.05) is 18.8 Å². The SMILES string of the molecule is CNc1nc(Nc2ccc(C)c(F)c2)cc(C(F)(F)F)n1. The zero-order chi connectivity index (χ0) is 15.6. The van der Waals surface area contributed by atoms with Gasteiger partial charge in [-0.15, -0.1) is 0 Å². The van der Waals surface area contributed by atoms with Crippen molar-refractivity contribution >= 4 is 17.5 Å². The number of alkyl halides is 3. The molecule has 0 amide bonds. The molecule has 0 atom stereocenters. The van der Waals surface area contributed by atoms with Crippen molar-refractivity contribution in [2.75, 3.05) is 17.7 Å². The van der Waals surface area contributed by atoms with Crippen LogP contribution in [0.15, 0.2) is 24.3 Å². The second-order valence-corrected chi connectivity index (χ2v) is 4.30. The fourth-order valence-corrected chi connectivity index (χ4v) is 1.59. The number of halogens is 4. The highest BCUT2D eigenvalue weighted by Crippen LogP contribution is 2.30. The van der Waals surface area contributed by atoms with Crippen molar-refractivity contribution in [1.82, 2.24) is 9.97 Å². The largest absolute Gasteiger partial charge is 0.433 e. The highest BCUT2D eigenvalue weighted by atomic mass is 19.4. The van der Waals surface area contributed by atoms with E-state index in [1.807, 2.05) is 0 Å². The molecule has 2 rings (SSSR count). The summed E-state index contributed by atoms with van der Waals surface area (Å²) in [7, 11) is 1.41. The summed E-state index contributed by atoms with van der Waals surface area (Å²) in [5, 5.41) is 5.08. The zero-order valence-electron chi connectivity index (χ0n) is 11.2. The molecule has 4 nitrogen and oxygen atoms in total. The first-order chi connectivity index (χ1) is 9.79. The molecule has 0 fully saturated rings. The third-order valence-corrected chi connectivity index (χ3v) is 2.68. The number of nitrogens with one attached hydrogen (secondary N) is 2. The fraction of sp³-hybridized carbons (Fsp3) is 0.231. The topological polar surface area (TPSA) is 49.8 Å². The van der Waals surface area contributed by atoms with E-state index in [4.69, 9.17) is 0 Å². The molecule has 21 heavy (non-hydrogen) atoms. The average molecular weight is 300 g/mol. The van der Waals surface area contributed by atoms with Crippen LogP contribution in [0.4, 0.5) is 35.0 Å². The van der Waals surface area contributed by atoms with Gasteiger partial charge in [0.2, 0.25) is 5.95 Å². The number of rotatable bonds is 3. The van der Waals surface area contributed by atoms with Gasteiger partial charge in [-0.2, -0.15) is 18.2 Å². The van der Waals surface area contributed by atoms with E-state index >= 15 is 0 Å². The first-order valence-corrected chi connectivity index (χ1v) is 5.97. The number of anilines is 3. The summed E-state index contributed by atoms with van der Waals surface area (Å²) < 4.78 is 51.6. The van der Waals surface area contributed by atoms with Crippen LogP contribution >= 0.6 is 0 Å². The Bertz CT molecular complexity index is 655. The van der Waals surface area contributed by atoms with Crippen LogP contribution in [0.2, 0.25) is 0 Å². The van der Waals surface area contributed by atoms with Crippen LogP contribution < -0.4 is 10.6 Å². The zero-order valence-corrected chi connectivity index (χ0v) is 11.2. The molecule has 112 valence electrons. The molecule has 0 aliphatic rings. The van der Waals surface area contributed by atoms with Crippen LogP contribution in [0.5, 0.6) is 0 Å². The van der Waals surface area contributed by atoms with Crippen molar-refractivity contribution in [3.8, 4) is 0 Å². The Morgan fingerprint density at radius 2 is 1.81 bits per heavy atom. The second kappa shape index (κ2) is 5.55. The van der Waals surface area contributed by atoms with Crippen LogP contribution in [-0.4, -0.2) is 17.0 Å². The fourth-order valence-electron chi connectivity index (χ4n) is 1.59.